The summed E-state index contributed by atoms with van der Waals surface area (Å²) >= 11 is 1.59. The molecule has 2 aromatic carbocycles. The first-order chi connectivity index (χ1) is 11.1. The number of carbonyl (C=O) groups is 2. The number of fused-ring (bicyclic) bond motifs is 1. The summed E-state index contributed by atoms with van der Waals surface area (Å²) in [6.07, 6.45) is 2.74. The minimum absolute atomic E-state index is 0.0109. The lowest BCUT2D eigenvalue weighted by molar-refractivity contribution is -0.134. The maximum Gasteiger partial charge on any atom is 0.316 e. The molecule has 1 unspecified atom stereocenters. The maximum atomic E-state index is 12.6. The van der Waals surface area contributed by atoms with Gasteiger partial charge in [-0.15, -0.1) is 11.8 Å². The van der Waals surface area contributed by atoms with Crippen molar-refractivity contribution in [2.45, 2.75) is 24.3 Å². The summed E-state index contributed by atoms with van der Waals surface area (Å²) in [6, 6.07) is 15.2. The van der Waals surface area contributed by atoms with Crippen molar-refractivity contribution in [1.82, 2.24) is 0 Å². The molecule has 5 heteroatoms. The molecule has 0 spiro atoms. The van der Waals surface area contributed by atoms with Crippen molar-refractivity contribution in [2.75, 3.05) is 16.5 Å². The van der Waals surface area contributed by atoms with Crippen molar-refractivity contribution in [1.29, 1.82) is 0 Å². The predicted octanol–water partition coefficient (Wildman–Crippen LogP) is 3.32. The van der Waals surface area contributed by atoms with Crippen molar-refractivity contribution >= 4 is 35.0 Å². The van der Waals surface area contributed by atoms with E-state index in [2.05, 4.69) is 5.32 Å². The van der Waals surface area contributed by atoms with Gasteiger partial charge in [0, 0.05) is 22.3 Å². The third-order valence-corrected chi connectivity index (χ3v) is 4.67. The first-order valence-electron chi connectivity index (χ1n) is 7.46. The van der Waals surface area contributed by atoms with E-state index in [-0.39, 0.29) is 6.04 Å². The molecule has 1 aliphatic heterocycles. The van der Waals surface area contributed by atoms with Crippen LogP contribution in [-0.2, 0) is 16.0 Å². The van der Waals surface area contributed by atoms with Gasteiger partial charge < -0.3 is 10.2 Å². The highest BCUT2D eigenvalue weighted by Gasteiger charge is 2.34. The highest BCUT2D eigenvalue weighted by atomic mass is 32.2. The van der Waals surface area contributed by atoms with Gasteiger partial charge in [0.25, 0.3) is 0 Å². The maximum absolute atomic E-state index is 12.6. The molecule has 23 heavy (non-hydrogen) atoms. The highest BCUT2D eigenvalue weighted by molar-refractivity contribution is 7.98. The summed E-state index contributed by atoms with van der Waals surface area (Å²) in [5, 5.41) is 2.70. The van der Waals surface area contributed by atoms with Crippen LogP contribution in [-0.4, -0.2) is 24.1 Å². The summed E-state index contributed by atoms with van der Waals surface area (Å²) in [4.78, 5) is 27.6. The SMILES string of the molecule is CSc1cccc(NC(=O)C(=O)N2c3ccccc3CC2C)c1. The molecule has 0 radical (unpaired) electrons. The van der Waals surface area contributed by atoms with Gasteiger partial charge in [-0.1, -0.05) is 24.3 Å². The topological polar surface area (TPSA) is 49.4 Å². The molecule has 2 aromatic rings. The molecular weight excluding hydrogens is 308 g/mol. The second-order valence-electron chi connectivity index (χ2n) is 5.54. The van der Waals surface area contributed by atoms with E-state index in [1.165, 1.54) is 0 Å². The molecular formula is C18H18N2O2S. The number of thioether (sulfide) groups is 1. The standard InChI is InChI=1S/C18H18N2O2S/c1-12-10-13-6-3-4-9-16(13)20(12)18(22)17(21)19-14-7-5-8-15(11-14)23-2/h3-9,11-12H,10H2,1-2H3,(H,19,21). The molecule has 0 saturated carbocycles. The van der Waals surface area contributed by atoms with Gasteiger partial charge in [0.05, 0.1) is 0 Å². The van der Waals surface area contributed by atoms with Crippen molar-refractivity contribution in [3.05, 3.63) is 54.1 Å². The Labute approximate surface area is 139 Å². The van der Waals surface area contributed by atoms with Crippen LogP contribution in [0.1, 0.15) is 12.5 Å². The predicted molar refractivity (Wildman–Crippen MR) is 93.9 cm³/mol. The Hall–Kier alpha value is -2.27. The third-order valence-electron chi connectivity index (χ3n) is 3.95. The van der Waals surface area contributed by atoms with Crippen LogP contribution in [0.2, 0.25) is 0 Å². The number of anilines is 2. The van der Waals surface area contributed by atoms with Crippen LogP contribution in [0.3, 0.4) is 0 Å². The van der Waals surface area contributed by atoms with Gasteiger partial charge in [-0.2, -0.15) is 0 Å². The zero-order chi connectivity index (χ0) is 16.4. The van der Waals surface area contributed by atoms with Crippen LogP contribution in [0.15, 0.2) is 53.4 Å². The van der Waals surface area contributed by atoms with Crippen LogP contribution < -0.4 is 10.2 Å². The molecule has 1 aliphatic rings. The van der Waals surface area contributed by atoms with Gasteiger partial charge in [0.2, 0.25) is 0 Å². The van der Waals surface area contributed by atoms with Gasteiger partial charge >= 0.3 is 11.8 Å². The lowest BCUT2D eigenvalue weighted by atomic mass is 10.1. The quantitative estimate of drug-likeness (QED) is 0.680. The number of carbonyl (C=O) groups excluding carboxylic acids is 2. The smallest absolute Gasteiger partial charge is 0.316 e. The average molecular weight is 326 g/mol. The van der Waals surface area contributed by atoms with E-state index < -0.39 is 11.8 Å². The Morgan fingerprint density at radius 2 is 1.96 bits per heavy atom. The third kappa shape index (κ3) is 3.10. The number of rotatable bonds is 2. The summed E-state index contributed by atoms with van der Waals surface area (Å²) in [6.45, 7) is 1.96. The number of benzene rings is 2. The average Bonchev–Trinajstić information content (AvgIpc) is 2.90. The van der Waals surface area contributed by atoms with E-state index >= 15 is 0 Å². The van der Waals surface area contributed by atoms with Gasteiger partial charge in [-0.05, 0) is 49.4 Å². The van der Waals surface area contributed by atoms with Crippen LogP contribution >= 0.6 is 11.8 Å². The summed E-state index contributed by atoms with van der Waals surface area (Å²) in [5.41, 5.74) is 2.57. The molecule has 0 saturated heterocycles. The first-order valence-corrected chi connectivity index (χ1v) is 8.69. The summed E-state index contributed by atoms with van der Waals surface area (Å²) < 4.78 is 0. The molecule has 1 heterocycles. The largest absolute Gasteiger partial charge is 0.318 e. The first kappa shape index (κ1) is 15.6. The second kappa shape index (κ2) is 6.46. The summed E-state index contributed by atoms with van der Waals surface area (Å²) in [7, 11) is 0. The van der Waals surface area contributed by atoms with E-state index in [1.807, 2.05) is 55.6 Å². The van der Waals surface area contributed by atoms with Gasteiger partial charge in [0.1, 0.15) is 0 Å². The van der Waals surface area contributed by atoms with Gasteiger partial charge in [-0.3, -0.25) is 9.59 Å². The number of nitrogens with zero attached hydrogens (tertiary/aromatic N) is 1. The molecule has 0 aliphatic carbocycles. The Morgan fingerprint density at radius 1 is 1.17 bits per heavy atom. The monoisotopic (exact) mass is 326 g/mol. The van der Waals surface area contributed by atoms with Crippen molar-refractivity contribution in [3.8, 4) is 0 Å². The lowest BCUT2D eigenvalue weighted by Gasteiger charge is -2.22. The van der Waals surface area contributed by atoms with E-state index in [1.54, 1.807) is 22.7 Å². The van der Waals surface area contributed by atoms with Gasteiger partial charge in [0.15, 0.2) is 0 Å². The molecule has 0 aromatic heterocycles. The van der Waals surface area contributed by atoms with E-state index in [9.17, 15) is 9.59 Å². The molecule has 3 rings (SSSR count). The minimum atomic E-state index is -0.605. The molecule has 0 fully saturated rings. The summed E-state index contributed by atoms with van der Waals surface area (Å²) in [5.74, 6) is -1.12. The fraction of sp³-hybridized carbons (Fsp3) is 0.222. The van der Waals surface area contributed by atoms with Crippen LogP contribution in [0.4, 0.5) is 11.4 Å². The number of hydrogen-bond donors (Lipinski definition) is 1. The zero-order valence-electron chi connectivity index (χ0n) is 13.1. The Morgan fingerprint density at radius 3 is 2.74 bits per heavy atom. The Kier molecular flexibility index (Phi) is 4.39. The molecule has 0 bridgehead atoms. The normalized spacial score (nSPS) is 16.1. The van der Waals surface area contributed by atoms with Crippen molar-refractivity contribution < 1.29 is 9.59 Å². The van der Waals surface area contributed by atoms with Crippen LogP contribution in [0.25, 0.3) is 0 Å². The number of hydrogen-bond acceptors (Lipinski definition) is 3. The molecule has 1 atom stereocenters. The number of nitrogens with one attached hydrogen (secondary N) is 1. The molecule has 118 valence electrons. The van der Waals surface area contributed by atoms with E-state index in [0.717, 1.165) is 22.6 Å². The fourth-order valence-corrected chi connectivity index (χ4v) is 3.33. The lowest BCUT2D eigenvalue weighted by Crippen LogP contribution is -2.43. The van der Waals surface area contributed by atoms with Crippen molar-refractivity contribution in [2.24, 2.45) is 0 Å². The zero-order valence-corrected chi connectivity index (χ0v) is 13.9. The molecule has 1 N–H and O–H groups in total. The van der Waals surface area contributed by atoms with E-state index in [4.69, 9.17) is 0 Å². The minimum Gasteiger partial charge on any atom is -0.318 e. The Bertz CT molecular complexity index is 760. The second-order valence-corrected chi connectivity index (χ2v) is 6.42. The Balaban J connectivity index is 1.79. The molecule has 4 nitrogen and oxygen atoms in total. The number of amides is 2. The van der Waals surface area contributed by atoms with Crippen LogP contribution in [0.5, 0.6) is 0 Å². The van der Waals surface area contributed by atoms with E-state index in [0.29, 0.717) is 5.69 Å². The highest BCUT2D eigenvalue weighted by Crippen LogP contribution is 2.32. The van der Waals surface area contributed by atoms with Crippen molar-refractivity contribution in [3.63, 3.8) is 0 Å². The fourth-order valence-electron chi connectivity index (χ4n) is 2.87. The van der Waals surface area contributed by atoms with Crippen LogP contribution in [0, 0.1) is 0 Å². The number of para-hydroxylation sites is 1. The molecule has 2 amide bonds. The van der Waals surface area contributed by atoms with Gasteiger partial charge in [-0.25, -0.2) is 0 Å².